The zero-order valence-electron chi connectivity index (χ0n) is 11.0. The summed E-state index contributed by atoms with van der Waals surface area (Å²) in [6.45, 7) is 0. The summed E-state index contributed by atoms with van der Waals surface area (Å²) in [4.78, 5) is 14.9. The van der Waals surface area contributed by atoms with Gasteiger partial charge < -0.3 is 19.3 Å². The number of carboxylic acid groups (broad SMARTS) is 1. The van der Waals surface area contributed by atoms with Gasteiger partial charge in [-0.1, -0.05) is 0 Å². The Morgan fingerprint density at radius 2 is 1.90 bits per heavy atom. The maximum Gasteiger partial charge on any atom is 0.341 e. The highest BCUT2D eigenvalue weighted by Gasteiger charge is 2.14. The number of hydrogen-bond donors (Lipinski definition) is 1. The first-order valence-corrected chi connectivity index (χ1v) is 5.73. The molecular formula is C14H13NO5. The molecule has 1 N–H and O–H groups in total. The van der Waals surface area contributed by atoms with Crippen molar-refractivity contribution in [3.63, 3.8) is 0 Å². The van der Waals surface area contributed by atoms with Crippen molar-refractivity contribution < 1.29 is 24.1 Å². The molecule has 0 unspecified atom stereocenters. The molecule has 0 amide bonds. The van der Waals surface area contributed by atoms with Crippen LogP contribution in [0.4, 0.5) is 0 Å². The van der Waals surface area contributed by atoms with Crippen LogP contribution in [0.1, 0.15) is 10.4 Å². The first-order valence-electron chi connectivity index (χ1n) is 5.73. The van der Waals surface area contributed by atoms with E-state index in [1.165, 1.54) is 32.7 Å². The van der Waals surface area contributed by atoms with E-state index in [2.05, 4.69) is 4.98 Å². The molecular weight excluding hydrogens is 262 g/mol. The van der Waals surface area contributed by atoms with Gasteiger partial charge in [-0.2, -0.15) is 0 Å². The van der Waals surface area contributed by atoms with Crippen molar-refractivity contribution in [2.45, 2.75) is 0 Å². The van der Waals surface area contributed by atoms with Crippen LogP contribution in [0, 0.1) is 0 Å². The molecule has 0 aliphatic heterocycles. The number of aromatic carboxylic acids is 1. The lowest BCUT2D eigenvalue weighted by atomic mass is 10.2. The van der Waals surface area contributed by atoms with Crippen molar-refractivity contribution in [1.29, 1.82) is 0 Å². The molecule has 0 radical (unpaired) electrons. The predicted molar refractivity (Wildman–Crippen MR) is 70.8 cm³/mol. The first-order chi connectivity index (χ1) is 9.65. The predicted octanol–water partition coefficient (Wildman–Crippen LogP) is 2.59. The number of carbonyl (C=O) groups is 1. The number of rotatable bonds is 5. The minimum Gasteiger partial charge on any atom is -0.497 e. The quantitative estimate of drug-likeness (QED) is 0.903. The van der Waals surface area contributed by atoms with E-state index in [9.17, 15) is 4.79 Å². The number of carboxylic acids is 1. The molecule has 1 aromatic carbocycles. The number of pyridine rings is 1. The summed E-state index contributed by atoms with van der Waals surface area (Å²) in [5.74, 6) is 0.472. The van der Waals surface area contributed by atoms with Crippen LogP contribution in [0.15, 0.2) is 36.7 Å². The van der Waals surface area contributed by atoms with E-state index >= 15 is 0 Å². The Kier molecular flexibility index (Phi) is 4.05. The maximum absolute atomic E-state index is 11.1. The van der Waals surface area contributed by atoms with Gasteiger partial charge in [0, 0.05) is 24.5 Å². The van der Waals surface area contributed by atoms with Gasteiger partial charge in [-0.3, -0.25) is 4.98 Å². The zero-order chi connectivity index (χ0) is 14.5. The molecule has 0 atom stereocenters. The van der Waals surface area contributed by atoms with Crippen LogP contribution >= 0.6 is 0 Å². The van der Waals surface area contributed by atoms with Gasteiger partial charge in [0.05, 0.1) is 14.2 Å². The number of aromatic nitrogens is 1. The lowest BCUT2D eigenvalue weighted by molar-refractivity contribution is 0.0693. The van der Waals surface area contributed by atoms with E-state index in [4.69, 9.17) is 19.3 Å². The second-order valence-electron chi connectivity index (χ2n) is 3.80. The molecule has 0 aliphatic rings. The third kappa shape index (κ3) is 2.80. The Bertz CT molecular complexity index is 627. The largest absolute Gasteiger partial charge is 0.497 e. The molecule has 0 saturated carbocycles. The van der Waals surface area contributed by atoms with Crippen LogP contribution < -0.4 is 14.2 Å². The summed E-state index contributed by atoms with van der Waals surface area (Å²) in [7, 11) is 3.03. The molecule has 0 fully saturated rings. The topological polar surface area (TPSA) is 77.9 Å². The summed E-state index contributed by atoms with van der Waals surface area (Å²) >= 11 is 0. The first kappa shape index (κ1) is 13.7. The highest BCUT2D eigenvalue weighted by Crippen LogP contribution is 2.35. The summed E-state index contributed by atoms with van der Waals surface area (Å²) in [5, 5.41) is 9.09. The molecule has 1 heterocycles. The Hall–Kier alpha value is -2.76. The molecule has 0 aliphatic carbocycles. The molecule has 0 bridgehead atoms. The van der Waals surface area contributed by atoms with Crippen LogP contribution in [0.25, 0.3) is 0 Å². The molecule has 6 nitrogen and oxygen atoms in total. The van der Waals surface area contributed by atoms with Gasteiger partial charge in [0.25, 0.3) is 0 Å². The van der Waals surface area contributed by atoms with Gasteiger partial charge in [-0.15, -0.1) is 0 Å². The van der Waals surface area contributed by atoms with E-state index in [1.807, 2.05) is 0 Å². The van der Waals surface area contributed by atoms with Gasteiger partial charge in [-0.25, -0.2) is 4.79 Å². The van der Waals surface area contributed by atoms with E-state index < -0.39 is 5.97 Å². The Morgan fingerprint density at radius 1 is 1.10 bits per heavy atom. The average molecular weight is 275 g/mol. The Balaban J connectivity index is 2.41. The molecule has 1 aromatic heterocycles. The fourth-order valence-corrected chi connectivity index (χ4v) is 1.61. The lowest BCUT2D eigenvalue weighted by Gasteiger charge is -2.12. The second kappa shape index (κ2) is 5.92. The normalized spacial score (nSPS) is 9.90. The minimum atomic E-state index is -1.12. The van der Waals surface area contributed by atoms with Crippen molar-refractivity contribution in [3.8, 4) is 23.0 Å². The third-order valence-corrected chi connectivity index (χ3v) is 2.60. The van der Waals surface area contributed by atoms with Gasteiger partial charge in [-0.05, 0) is 12.1 Å². The minimum absolute atomic E-state index is 0.0302. The molecule has 2 rings (SSSR count). The molecule has 0 saturated heterocycles. The van der Waals surface area contributed by atoms with Crippen LogP contribution in [0.2, 0.25) is 0 Å². The van der Waals surface area contributed by atoms with E-state index in [-0.39, 0.29) is 11.3 Å². The molecule has 2 aromatic rings. The van der Waals surface area contributed by atoms with Crippen molar-refractivity contribution in [2.75, 3.05) is 14.2 Å². The van der Waals surface area contributed by atoms with Gasteiger partial charge in [0.1, 0.15) is 17.1 Å². The second-order valence-corrected chi connectivity index (χ2v) is 3.80. The SMILES string of the molecule is COc1ccc(OC)c(Oc2ccncc2C(=O)O)c1. The zero-order valence-corrected chi connectivity index (χ0v) is 11.0. The van der Waals surface area contributed by atoms with Crippen molar-refractivity contribution >= 4 is 5.97 Å². The third-order valence-electron chi connectivity index (χ3n) is 2.60. The molecule has 0 spiro atoms. The number of hydrogen-bond acceptors (Lipinski definition) is 5. The smallest absolute Gasteiger partial charge is 0.341 e. The molecule has 20 heavy (non-hydrogen) atoms. The number of methoxy groups -OCH3 is 2. The fourth-order valence-electron chi connectivity index (χ4n) is 1.61. The monoisotopic (exact) mass is 275 g/mol. The van der Waals surface area contributed by atoms with Crippen LogP contribution in [-0.4, -0.2) is 30.3 Å². The van der Waals surface area contributed by atoms with Crippen molar-refractivity contribution in [3.05, 3.63) is 42.2 Å². The lowest BCUT2D eigenvalue weighted by Crippen LogP contribution is -2.01. The summed E-state index contributed by atoms with van der Waals surface area (Å²) in [5.41, 5.74) is -0.0302. The number of benzene rings is 1. The van der Waals surface area contributed by atoms with E-state index in [0.717, 1.165) is 0 Å². The van der Waals surface area contributed by atoms with E-state index in [0.29, 0.717) is 17.2 Å². The van der Waals surface area contributed by atoms with Gasteiger partial charge in [0.2, 0.25) is 0 Å². The fraction of sp³-hybridized carbons (Fsp3) is 0.143. The molecule has 6 heteroatoms. The van der Waals surface area contributed by atoms with Gasteiger partial charge >= 0.3 is 5.97 Å². The highest BCUT2D eigenvalue weighted by molar-refractivity contribution is 5.90. The van der Waals surface area contributed by atoms with Crippen molar-refractivity contribution in [2.24, 2.45) is 0 Å². The van der Waals surface area contributed by atoms with Crippen LogP contribution in [0.5, 0.6) is 23.0 Å². The van der Waals surface area contributed by atoms with E-state index in [1.54, 1.807) is 18.2 Å². The number of nitrogens with zero attached hydrogens (tertiary/aromatic N) is 1. The van der Waals surface area contributed by atoms with Crippen molar-refractivity contribution in [1.82, 2.24) is 4.98 Å². The Labute approximate surface area is 115 Å². The standard InChI is InChI=1S/C14H13NO5/c1-18-9-3-4-12(19-2)13(7-9)20-11-5-6-15-8-10(11)14(16)17/h3-8H,1-2H3,(H,16,17). The van der Waals surface area contributed by atoms with Crippen LogP contribution in [-0.2, 0) is 0 Å². The molecule has 104 valence electrons. The summed E-state index contributed by atoms with van der Waals surface area (Å²) in [6.07, 6.45) is 2.68. The average Bonchev–Trinajstić information content (AvgIpc) is 2.47. The Morgan fingerprint density at radius 3 is 2.55 bits per heavy atom. The summed E-state index contributed by atoms with van der Waals surface area (Å²) < 4.78 is 15.9. The maximum atomic E-state index is 11.1. The van der Waals surface area contributed by atoms with Crippen LogP contribution in [0.3, 0.4) is 0 Å². The van der Waals surface area contributed by atoms with Gasteiger partial charge in [0.15, 0.2) is 11.5 Å². The summed E-state index contributed by atoms with van der Waals surface area (Å²) in [6, 6.07) is 6.49. The highest BCUT2D eigenvalue weighted by atomic mass is 16.5. The number of ether oxygens (including phenoxy) is 3.